The number of thiocarbonyl (C=S) groups is 1. The molecule has 0 spiro atoms. The van der Waals surface area contributed by atoms with Gasteiger partial charge in [-0.15, -0.1) is 0 Å². The van der Waals surface area contributed by atoms with Gasteiger partial charge < -0.3 is 24.6 Å². The Hall–Kier alpha value is -3.23. The van der Waals surface area contributed by atoms with Crippen molar-refractivity contribution in [1.29, 1.82) is 0 Å². The van der Waals surface area contributed by atoms with E-state index in [0.29, 0.717) is 10.9 Å². The van der Waals surface area contributed by atoms with Crippen molar-refractivity contribution in [3.8, 4) is 11.3 Å². The fraction of sp³-hybridized carbons (Fsp3) is 0.292. The maximum Gasteiger partial charge on any atom is 0.335 e. The van der Waals surface area contributed by atoms with Crippen LogP contribution in [0.4, 0.5) is 0 Å². The summed E-state index contributed by atoms with van der Waals surface area (Å²) in [4.78, 5) is 20.0. The number of carboxylic acids is 1. The average molecular weight is 451 g/mol. The minimum Gasteiger partial charge on any atom is -0.478 e. The zero-order valence-electron chi connectivity index (χ0n) is 18.1. The Morgan fingerprint density at radius 2 is 1.97 bits per heavy atom. The molecule has 0 aliphatic carbocycles. The van der Waals surface area contributed by atoms with Gasteiger partial charge in [-0.1, -0.05) is 18.2 Å². The highest BCUT2D eigenvalue weighted by Gasteiger charge is 2.41. The number of pyridine rings is 1. The number of hydrogen-bond acceptors (Lipinski definition) is 5. The van der Waals surface area contributed by atoms with Gasteiger partial charge in [0.1, 0.15) is 17.6 Å². The van der Waals surface area contributed by atoms with E-state index in [9.17, 15) is 4.79 Å². The monoisotopic (exact) mass is 450 g/mol. The second-order valence-electron chi connectivity index (χ2n) is 8.06. The van der Waals surface area contributed by atoms with E-state index in [2.05, 4.69) is 34.2 Å². The molecule has 2 atom stereocenters. The largest absolute Gasteiger partial charge is 0.478 e. The average Bonchev–Trinajstić information content (AvgIpc) is 3.39. The van der Waals surface area contributed by atoms with Gasteiger partial charge in [-0.05, 0) is 75.7 Å². The summed E-state index contributed by atoms with van der Waals surface area (Å²) in [5.41, 5.74) is 1.97. The zero-order chi connectivity index (χ0) is 22.7. The number of nitrogens with one attached hydrogen (secondary N) is 1. The fourth-order valence-corrected chi connectivity index (χ4v) is 4.29. The molecule has 2 unspecified atom stereocenters. The van der Waals surface area contributed by atoms with Gasteiger partial charge in [0.05, 0.1) is 17.3 Å². The smallest absolute Gasteiger partial charge is 0.335 e. The van der Waals surface area contributed by atoms with E-state index in [1.54, 1.807) is 30.5 Å². The Bertz CT molecular complexity index is 1080. The van der Waals surface area contributed by atoms with Crippen LogP contribution in [-0.4, -0.2) is 58.2 Å². The van der Waals surface area contributed by atoms with Crippen LogP contribution in [0, 0.1) is 0 Å². The first-order valence-corrected chi connectivity index (χ1v) is 10.9. The third kappa shape index (κ3) is 4.66. The highest BCUT2D eigenvalue weighted by molar-refractivity contribution is 7.80. The summed E-state index contributed by atoms with van der Waals surface area (Å²) < 4.78 is 6.28. The van der Waals surface area contributed by atoms with Crippen LogP contribution >= 0.6 is 12.2 Å². The predicted octanol–water partition coefficient (Wildman–Crippen LogP) is 3.96. The van der Waals surface area contributed by atoms with Crippen LogP contribution in [0.25, 0.3) is 11.3 Å². The summed E-state index contributed by atoms with van der Waals surface area (Å²) >= 11 is 5.69. The van der Waals surface area contributed by atoms with Crippen molar-refractivity contribution >= 4 is 23.3 Å². The van der Waals surface area contributed by atoms with Crippen molar-refractivity contribution < 1.29 is 14.3 Å². The summed E-state index contributed by atoms with van der Waals surface area (Å²) in [5, 5.41) is 13.3. The van der Waals surface area contributed by atoms with Gasteiger partial charge in [0.2, 0.25) is 0 Å². The van der Waals surface area contributed by atoms with Crippen molar-refractivity contribution in [2.24, 2.45) is 0 Å². The van der Waals surface area contributed by atoms with E-state index < -0.39 is 5.97 Å². The Morgan fingerprint density at radius 3 is 2.62 bits per heavy atom. The molecule has 8 heteroatoms. The second kappa shape index (κ2) is 9.50. The Kier molecular flexibility index (Phi) is 6.53. The van der Waals surface area contributed by atoms with Crippen LogP contribution in [0.1, 0.15) is 40.3 Å². The van der Waals surface area contributed by atoms with Gasteiger partial charge in [-0.3, -0.25) is 4.98 Å². The number of hydrogen-bond donors (Lipinski definition) is 2. The number of carboxylic acid groups (broad SMARTS) is 1. The van der Waals surface area contributed by atoms with E-state index in [1.807, 2.05) is 30.3 Å². The molecule has 7 nitrogen and oxygen atoms in total. The summed E-state index contributed by atoms with van der Waals surface area (Å²) in [6, 6.07) is 16.2. The Labute approximate surface area is 192 Å². The van der Waals surface area contributed by atoms with Crippen LogP contribution in [-0.2, 0) is 0 Å². The Morgan fingerprint density at radius 1 is 1.19 bits per heavy atom. The zero-order valence-corrected chi connectivity index (χ0v) is 18.9. The van der Waals surface area contributed by atoms with Crippen molar-refractivity contribution in [2.75, 3.05) is 27.2 Å². The van der Waals surface area contributed by atoms with Crippen molar-refractivity contribution in [3.63, 3.8) is 0 Å². The Balaban J connectivity index is 1.64. The van der Waals surface area contributed by atoms with E-state index in [0.717, 1.165) is 36.5 Å². The molecule has 0 saturated carbocycles. The number of nitrogens with zero attached hydrogens (tertiary/aromatic N) is 3. The van der Waals surface area contributed by atoms with Crippen LogP contribution < -0.4 is 5.32 Å². The van der Waals surface area contributed by atoms with Gasteiger partial charge in [0.25, 0.3) is 0 Å². The first-order valence-electron chi connectivity index (χ1n) is 10.5. The molecule has 166 valence electrons. The predicted molar refractivity (Wildman–Crippen MR) is 126 cm³/mol. The van der Waals surface area contributed by atoms with Crippen molar-refractivity contribution in [2.45, 2.75) is 18.5 Å². The third-order valence-corrected chi connectivity index (χ3v) is 5.89. The molecule has 4 rings (SSSR count). The van der Waals surface area contributed by atoms with Gasteiger partial charge in [0, 0.05) is 18.3 Å². The molecule has 0 bridgehead atoms. The molecule has 1 saturated heterocycles. The van der Waals surface area contributed by atoms with Crippen LogP contribution in [0.2, 0.25) is 0 Å². The summed E-state index contributed by atoms with van der Waals surface area (Å²) in [7, 11) is 4.12. The lowest BCUT2D eigenvalue weighted by Gasteiger charge is -2.26. The molecule has 0 radical (unpaired) electrons. The standard InChI is InChI=1S/C24H26N4O3S/c1-27(2)14-5-15-28-22(21(26-24(28)32)18-6-3-4-13-25-18)20-12-11-19(31-20)16-7-9-17(10-8-16)23(29)30/h3-4,6-13,21-22H,5,14-15H2,1-2H3,(H,26,32)(H,29,30). The minimum absolute atomic E-state index is 0.128. The fourth-order valence-electron chi connectivity index (χ4n) is 3.96. The van der Waals surface area contributed by atoms with E-state index >= 15 is 0 Å². The second-order valence-corrected chi connectivity index (χ2v) is 8.45. The number of rotatable bonds is 8. The third-order valence-electron chi connectivity index (χ3n) is 5.54. The first-order chi connectivity index (χ1) is 15.4. The highest BCUT2D eigenvalue weighted by atomic mass is 32.1. The molecule has 1 aromatic carbocycles. The first kappa shape index (κ1) is 22.0. The molecule has 2 N–H and O–H groups in total. The van der Waals surface area contributed by atoms with E-state index in [1.165, 1.54) is 0 Å². The van der Waals surface area contributed by atoms with Crippen molar-refractivity contribution in [1.82, 2.24) is 20.1 Å². The number of aromatic carboxylic acids is 1. The summed E-state index contributed by atoms with van der Waals surface area (Å²) in [6.45, 7) is 1.75. The molecular formula is C24H26N4O3S. The topological polar surface area (TPSA) is 81.8 Å². The molecule has 32 heavy (non-hydrogen) atoms. The van der Waals surface area contributed by atoms with E-state index in [-0.39, 0.29) is 17.6 Å². The number of furan rings is 1. The number of carbonyl (C=O) groups is 1. The molecule has 3 aromatic rings. The highest BCUT2D eigenvalue weighted by Crippen LogP contribution is 2.40. The maximum absolute atomic E-state index is 11.1. The lowest BCUT2D eigenvalue weighted by Crippen LogP contribution is -2.32. The lowest BCUT2D eigenvalue weighted by molar-refractivity contribution is 0.0697. The van der Waals surface area contributed by atoms with E-state index in [4.69, 9.17) is 21.7 Å². The van der Waals surface area contributed by atoms with Crippen LogP contribution in [0.15, 0.2) is 65.2 Å². The van der Waals surface area contributed by atoms with Crippen molar-refractivity contribution in [3.05, 3.63) is 77.8 Å². The number of aromatic nitrogens is 1. The van der Waals surface area contributed by atoms with Gasteiger partial charge in [0.15, 0.2) is 5.11 Å². The molecule has 1 fully saturated rings. The summed E-state index contributed by atoms with van der Waals surface area (Å²) in [5.74, 6) is 0.520. The van der Waals surface area contributed by atoms with Crippen LogP contribution in [0.3, 0.4) is 0 Å². The minimum atomic E-state index is -0.950. The van der Waals surface area contributed by atoms with Crippen LogP contribution in [0.5, 0.6) is 0 Å². The molecular weight excluding hydrogens is 424 g/mol. The quantitative estimate of drug-likeness (QED) is 0.499. The normalized spacial score (nSPS) is 18.2. The molecule has 1 aliphatic rings. The molecule has 3 heterocycles. The summed E-state index contributed by atoms with van der Waals surface area (Å²) in [6.07, 6.45) is 2.74. The van der Waals surface area contributed by atoms with Gasteiger partial charge in [-0.2, -0.15) is 0 Å². The molecule has 1 aliphatic heterocycles. The number of benzene rings is 1. The molecule has 2 aromatic heterocycles. The van der Waals surface area contributed by atoms with Gasteiger partial charge >= 0.3 is 5.97 Å². The van der Waals surface area contributed by atoms with Gasteiger partial charge in [-0.25, -0.2) is 4.79 Å². The lowest BCUT2D eigenvalue weighted by atomic mass is 10.0. The SMILES string of the molecule is CN(C)CCCN1C(=S)NC(c2ccccn2)C1c1ccc(-c2ccc(C(=O)O)cc2)o1. The molecule has 0 amide bonds. The maximum atomic E-state index is 11.1.